The zero-order valence-corrected chi connectivity index (χ0v) is 71.7. The summed E-state index contributed by atoms with van der Waals surface area (Å²) in [5, 5.41) is 10.7. The molecule has 17 nitrogen and oxygen atoms in total. The maximum absolute atomic E-state index is 13.2. The van der Waals surface area contributed by atoms with Crippen LogP contribution in [-0.2, 0) is 65.4 Å². The number of hydrogen-bond donors (Lipinski definition) is 3. The Kier molecular flexibility index (Phi) is 75.6. The molecule has 0 aromatic carbocycles. The van der Waals surface area contributed by atoms with E-state index in [9.17, 15) is 43.2 Å². The number of aliphatic hydroxyl groups is 1. The standard InChI is InChI=1S/C87H170O17P2/c1-8-11-12-13-14-15-16-17-18-24-29-35-40-49-56-63-70-87(92)104-83(75-98-85(90)69-62-55-48-43-42-46-53-60-67-80(7)10-3)77-102-106(95,96)100-73-81(88)72-99-105(93,94)101-76-82(74-97-84(89)68-61-54-47-39-34-31-26-27-32-37-44-51-58-65-78(4)5)103-86(91)71-64-57-50-41-36-30-25-22-20-19-21-23-28-33-38-45-52-59-66-79(6)9-2/h78-83,88H,8-77H2,1-7H3,(H,93,94)(H,95,96)/t79?,80?,81-,82-,83-/m1/s1. The van der Waals surface area contributed by atoms with Gasteiger partial charge >= 0.3 is 39.5 Å². The lowest BCUT2D eigenvalue weighted by atomic mass is 9.99. The number of ether oxygens (including phenoxy) is 4. The first-order valence-electron chi connectivity index (χ1n) is 44.9. The van der Waals surface area contributed by atoms with E-state index in [-0.39, 0.29) is 25.7 Å². The third kappa shape index (κ3) is 77.4. The fraction of sp³-hybridized carbons (Fsp3) is 0.954. The molecule has 106 heavy (non-hydrogen) atoms. The Labute approximate surface area is 651 Å². The number of carbonyl (C=O) groups is 4. The van der Waals surface area contributed by atoms with Crippen molar-refractivity contribution in [2.75, 3.05) is 39.6 Å². The second-order valence-electron chi connectivity index (χ2n) is 32.2. The lowest BCUT2D eigenvalue weighted by Gasteiger charge is -2.21. The quantitative estimate of drug-likeness (QED) is 0.0222. The summed E-state index contributed by atoms with van der Waals surface area (Å²) < 4.78 is 69.0. The predicted molar refractivity (Wildman–Crippen MR) is 437 cm³/mol. The Morgan fingerprint density at radius 1 is 0.274 bits per heavy atom. The zero-order valence-electron chi connectivity index (χ0n) is 69.9. The first-order valence-corrected chi connectivity index (χ1v) is 47.9. The van der Waals surface area contributed by atoms with E-state index in [2.05, 4.69) is 48.5 Å². The molecule has 0 saturated carbocycles. The molecule has 0 rings (SSSR count). The van der Waals surface area contributed by atoms with Gasteiger partial charge in [0.25, 0.3) is 0 Å². The molecule has 0 aromatic heterocycles. The maximum atomic E-state index is 13.2. The number of carbonyl (C=O) groups excluding carboxylic acids is 4. The smallest absolute Gasteiger partial charge is 0.462 e. The molecule has 0 aliphatic rings. The van der Waals surface area contributed by atoms with E-state index in [0.29, 0.717) is 25.7 Å². The van der Waals surface area contributed by atoms with Gasteiger partial charge in [-0.3, -0.25) is 37.3 Å². The Morgan fingerprint density at radius 3 is 0.717 bits per heavy atom. The van der Waals surface area contributed by atoms with Gasteiger partial charge in [0.15, 0.2) is 12.2 Å². The zero-order chi connectivity index (χ0) is 77.9. The molecule has 3 N–H and O–H groups in total. The number of phosphoric acid groups is 2. The van der Waals surface area contributed by atoms with Crippen LogP contribution in [0.1, 0.15) is 459 Å². The normalized spacial score (nSPS) is 14.4. The van der Waals surface area contributed by atoms with Crippen molar-refractivity contribution >= 4 is 39.5 Å². The van der Waals surface area contributed by atoms with Crippen molar-refractivity contribution in [2.45, 2.75) is 478 Å². The highest BCUT2D eigenvalue weighted by atomic mass is 31.2. The van der Waals surface area contributed by atoms with Crippen molar-refractivity contribution in [3.8, 4) is 0 Å². The van der Waals surface area contributed by atoms with Gasteiger partial charge in [0.2, 0.25) is 0 Å². The van der Waals surface area contributed by atoms with E-state index >= 15 is 0 Å². The number of aliphatic hydroxyl groups excluding tert-OH is 1. The van der Waals surface area contributed by atoms with Gasteiger partial charge in [-0.1, -0.05) is 408 Å². The molecular formula is C87H170O17P2. The summed E-state index contributed by atoms with van der Waals surface area (Å²) in [6, 6.07) is 0. The largest absolute Gasteiger partial charge is 0.472 e. The van der Waals surface area contributed by atoms with Crippen molar-refractivity contribution in [1.29, 1.82) is 0 Å². The molecule has 0 bridgehead atoms. The van der Waals surface area contributed by atoms with Gasteiger partial charge < -0.3 is 33.8 Å². The maximum Gasteiger partial charge on any atom is 0.472 e. The first kappa shape index (κ1) is 104. The summed E-state index contributed by atoms with van der Waals surface area (Å²) in [6.45, 7) is 12.1. The van der Waals surface area contributed by atoms with Gasteiger partial charge in [-0.15, -0.1) is 0 Å². The SMILES string of the molecule is CCCCCCCCCCCCCCCCCCC(=O)O[C@H](COC(=O)CCCCCCCCCCC(C)CC)COP(=O)(O)OC[C@H](O)COP(=O)(O)OC[C@@H](COC(=O)CCCCCCCCCCCCCCCC(C)C)OC(=O)CCCCCCCCCCCCCCCCCCCCC(C)CC. The number of esters is 4. The highest BCUT2D eigenvalue weighted by Gasteiger charge is 2.31. The van der Waals surface area contributed by atoms with E-state index in [0.717, 1.165) is 108 Å². The van der Waals surface area contributed by atoms with Crippen molar-refractivity contribution < 1.29 is 80.2 Å². The van der Waals surface area contributed by atoms with Crippen molar-refractivity contribution in [3.05, 3.63) is 0 Å². The summed E-state index contributed by atoms with van der Waals surface area (Å²) in [5.74, 6) is 0.337. The van der Waals surface area contributed by atoms with Gasteiger partial charge in [0, 0.05) is 25.7 Å². The molecule has 0 aromatic rings. The second kappa shape index (κ2) is 77.0. The van der Waals surface area contributed by atoms with Gasteiger partial charge in [-0.2, -0.15) is 0 Å². The van der Waals surface area contributed by atoms with Crippen molar-refractivity contribution in [3.63, 3.8) is 0 Å². The minimum absolute atomic E-state index is 0.108. The van der Waals surface area contributed by atoms with Crippen LogP contribution in [0.3, 0.4) is 0 Å². The third-order valence-corrected chi connectivity index (χ3v) is 23.0. The fourth-order valence-electron chi connectivity index (χ4n) is 13.5. The molecule has 7 atom stereocenters. The molecule has 0 saturated heterocycles. The number of unbranched alkanes of at least 4 members (excludes halogenated alkanes) is 51. The minimum Gasteiger partial charge on any atom is -0.462 e. The summed E-state index contributed by atoms with van der Waals surface area (Å²) in [4.78, 5) is 73.3. The Hall–Kier alpha value is -1.94. The molecule has 0 heterocycles. The van der Waals surface area contributed by atoms with Crippen LogP contribution in [0, 0.1) is 17.8 Å². The molecule has 0 radical (unpaired) electrons. The average Bonchev–Trinajstić information content (AvgIpc) is 0.902. The average molecular weight is 1550 g/mol. The fourth-order valence-corrected chi connectivity index (χ4v) is 15.1. The molecule has 0 aliphatic carbocycles. The van der Waals surface area contributed by atoms with Crippen LogP contribution in [0.2, 0.25) is 0 Å². The molecular weight excluding hydrogens is 1380 g/mol. The topological polar surface area (TPSA) is 237 Å². The molecule has 0 aliphatic heterocycles. The van der Waals surface area contributed by atoms with E-state index < -0.39 is 97.5 Å². The van der Waals surface area contributed by atoms with Gasteiger partial charge in [-0.25, -0.2) is 9.13 Å². The number of rotatable bonds is 85. The summed E-state index contributed by atoms with van der Waals surface area (Å²) >= 11 is 0. The van der Waals surface area contributed by atoms with E-state index in [1.165, 1.54) is 270 Å². The van der Waals surface area contributed by atoms with E-state index in [4.69, 9.17) is 37.0 Å². The van der Waals surface area contributed by atoms with Crippen molar-refractivity contribution in [1.82, 2.24) is 0 Å². The molecule has 630 valence electrons. The summed E-state index contributed by atoms with van der Waals surface area (Å²) in [7, 11) is -9.93. The molecule has 0 amide bonds. The highest BCUT2D eigenvalue weighted by Crippen LogP contribution is 2.45. The van der Waals surface area contributed by atoms with Gasteiger partial charge in [-0.05, 0) is 43.4 Å². The Morgan fingerprint density at radius 2 is 0.481 bits per heavy atom. The van der Waals surface area contributed by atoms with E-state index in [1.807, 2.05) is 0 Å². The minimum atomic E-state index is -4.97. The van der Waals surface area contributed by atoms with Gasteiger partial charge in [0.05, 0.1) is 26.4 Å². The monoisotopic (exact) mass is 1550 g/mol. The van der Waals surface area contributed by atoms with Crippen LogP contribution < -0.4 is 0 Å². The number of hydrogen-bond acceptors (Lipinski definition) is 15. The van der Waals surface area contributed by atoms with Crippen LogP contribution in [0.15, 0.2) is 0 Å². The predicted octanol–water partition coefficient (Wildman–Crippen LogP) is 26.5. The summed E-state index contributed by atoms with van der Waals surface area (Å²) in [6.07, 6.45) is 67.9. The lowest BCUT2D eigenvalue weighted by molar-refractivity contribution is -0.161. The molecule has 4 unspecified atom stereocenters. The van der Waals surface area contributed by atoms with Gasteiger partial charge in [0.1, 0.15) is 19.3 Å². The molecule has 0 fully saturated rings. The highest BCUT2D eigenvalue weighted by molar-refractivity contribution is 7.47. The molecule has 0 spiro atoms. The molecule has 19 heteroatoms. The Balaban J connectivity index is 5.25. The first-order chi connectivity index (χ1) is 51.3. The number of phosphoric ester groups is 2. The summed E-state index contributed by atoms with van der Waals surface area (Å²) in [5.41, 5.74) is 0. The lowest BCUT2D eigenvalue weighted by Crippen LogP contribution is -2.30. The van der Waals surface area contributed by atoms with Crippen LogP contribution >= 0.6 is 15.6 Å². The van der Waals surface area contributed by atoms with Crippen LogP contribution in [0.5, 0.6) is 0 Å². The Bertz CT molecular complexity index is 2050. The van der Waals surface area contributed by atoms with Crippen molar-refractivity contribution in [2.24, 2.45) is 17.8 Å². The second-order valence-corrected chi connectivity index (χ2v) is 35.1. The van der Waals surface area contributed by atoms with Crippen LogP contribution in [-0.4, -0.2) is 96.7 Å². The third-order valence-electron chi connectivity index (χ3n) is 21.1. The van der Waals surface area contributed by atoms with E-state index in [1.54, 1.807) is 0 Å². The van der Waals surface area contributed by atoms with Crippen LogP contribution in [0.25, 0.3) is 0 Å². The van der Waals surface area contributed by atoms with Crippen LogP contribution in [0.4, 0.5) is 0 Å².